The van der Waals surface area contributed by atoms with E-state index < -0.39 is 0 Å². The van der Waals surface area contributed by atoms with Gasteiger partial charge < -0.3 is 5.32 Å². The molecule has 0 aliphatic carbocycles. The molecule has 1 aromatic heterocycles. The summed E-state index contributed by atoms with van der Waals surface area (Å²) in [7, 11) is 0. The van der Waals surface area contributed by atoms with Gasteiger partial charge in [-0.05, 0) is 13.3 Å². The van der Waals surface area contributed by atoms with Crippen molar-refractivity contribution >= 4 is 18.2 Å². The highest BCUT2D eigenvalue weighted by Gasteiger charge is 2.05. The van der Waals surface area contributed by atoms with Crippen LogP contribution in [0.3, 0.4) is 0 Å². The number of halogens is 2. The fourth-order valence-electron chi connectivity index (χ4n) is 1.34. The average Bonchev–Trinajstić information content (AvgIpc) is 2.50. The van der Waals surface area contributed by atoms with E-state index in [1.54, 1.807) is 10.9 Å². The van der Waals surface area contributed by atoms with Crippen LogP contribution in [-0.2, 0) is 6.54 Å². The topological polar surface area (TPSA) is 29.9 Å². The van der Waals surface area contributed by atoms with Crippen molar-refractivity contribution in [1.29, 1.82) is 0 Å². The van der Waals surface area contributed by atoms with Crippen LogP contribution in [0.5, 0.6) is 0 Å². The molecular formula is C10H19ClFN3. The van der Waals surface area contributed by atoms with E-state index >= 15 is 0 Å². The average molecular weight is 236 g/mol. The number of nitrogens with zero attached hydrogens (tertiary/aromatic N) is 2. The van der Waals surface area contributed by atoms with Crippen molar-refractivity contribution in [2.45, 2.75) is 33.2 Å². The molecule has 3 nitrogen and oxygen atoms in total. The first kappa shape index (κ1) is 14.2. The van der Waals surface area contributed by atoms with E-state index in [0.717, 1.165) is 30.8 Å². The van der Waals surface area contributed by atoms with E-state index in [1.165, 1.54) is 0 Å². The number of unbranched alkanes of at least 4 members (excludes halogenated alkanes) is 1. The van der Waals surface area contributed by atoms with Crippen LogP contribution in [0, 0.1) is 6.92 Å². The minimum absolute atomic E-state index is 0. The van der Waals surface area contributed by atoms with Crippen LogP contribution in [0.4, 0.5) is 10.2 Å². The second-order valence-corrected chi connectivity index (χ2v) is 3.37. The zero-order valence-electron chi connectivity index (χ0n) is 9.29. The summed E-state index contributed by atoms with van der Waals surface area (Å²) >= 11 is 0. The van der Waals surface area contributed by atoms with Gasteiger partial charge in [-0.3, -0.25) is 0 Å². The molecule has 88 valence electrons. The Morgan fingerprint density at radius 3 is 2.87 bits per heavy atom. The minimum Gasteiger partial charge on any atom is -0.370 e. The van der Waals surface area contributed by atoms with Gasteiger partial charge >= 0.3 is 0 Å². The molecule has 5 heteroatoms. The van der Waals surface area contributed by atoms with Gasteiger partial charge in [-0.25, -0.2) is 9.07 Å². The molecule has 0 bridgehead atoms. The van der Waals surface area contributed by atoms with Crippen LogP contribution in [0.2, 0.25) is 0 Å². The maximum atomic E-state index is 12.2. The lowest BCUT2D eigenvalue weighted by atomic mass is 10.3. The molecule has 0 saturated heterocycles. The Morgan fingerprint density at radius 1 is 1.53 bits per heavy atom. The van der Waals surface area contributed by atoms with Gasteiger partial charge in [-0.2, -0.15) is 5.10 Å². The normalized spacial score (nSPS) is 9.80. The largest absolute Gasteiger partial charge is 0.370 e. The highest BCUT2D eigenvalue weighted by atomic mass is 35.5. The predicted octanol–water partition coefficient (Wildman–Crippen LogP) is 2.79. The van der Waals surface area contributed by atoms with E-state index in [1.807, 2.05) is 6.92 Å². The highest BCUT2D eigenvalue weighted by Crippen LogP contribution is 2.13. The molecule has 0 aromatic carbocycles. The Bertz CT molecular complexity index is 276. The fourth-order valence-corrected chi connectivity index (χ4v) is 1.34. The Morgan fingerprint density at radius 2 is 2.27 bits per heavy atom. The Balaban J connectivity index is 0.00000196. The third-order valence-electron chi connectivity index (χ3n) is 2.14. The summed E-state index contributed by atoms with van der Waals surface area (Å²) in [5.74, 6) is 0.955. The van der Waals surface area contributed by atoms with Crippen molar-refractivity contribution in [3.63, 3.8) is 0 Å². The summed E-state index contributed by atoms with van der Waals surface area (Å²) in [6, 6.07) is 0. The molecule has 1 aromatic rings. The summed E-state index contributed by atoms with van der Waals surface area (Å²) in [6.45, 7) is 5.02. The summed E-state index contributed by atoms with van der Waals surface area (Å²) in [5.41, 5.74) is 1.08. The molecule has 0 aliphatic heterocycles. The number of nitrogens with one attached hydrogen (secondary N) is 1. The van der Waals surface area contributed by atoms with Crippen LogP contribution in [-0.4, -0.2) is 23.0 Å². The molecule has 1 heterocycles. The van der Waals surface area contributed by atoms with E-state index in [0.29, 0.717) is 6.54 Å². The number of anilines is 1. The first-order valence-electron chi connectivity index (χ1n) is 5.11. The quantitative estimate of drug-likeness (QED) is 0.769. The minimum atomic E-state index is -0.371. The third kappa shape index (κ3) is 4.08. The van der Waals surface area contributed by atoms with Crippen LogP contribution in [0.25, 0.3) is 0 Å². The number of alkyl halides is 1. The maximum Gasteiger partial charge on any atom is 0.127 e. The smallest absolute Gasteiger partial charge is 0.127 e. The first-order chi connectivity index (χ1) is 6.79. The lowest BCUT2D eigenvalue weighted by Crippen LogP contribution is -2.10. The number of rotatable bonds is 6. The van der Waals surface area contributed by atoms with Crippen molar-refractivity contribution in [3.05, 3.63) is 11.8 Å². The van der Waals surface area contributed by atoms with Crippen molar-refractivity contribution in [2.75, 3.05) is 18.5 Å². The summed E-state index contributed by atoms with van der Waals surface area (Å²) < 4.78 is 13.9. The number of hydrogen-bond donors (Lipinski definition) is 1. The molecule has 0 unspecified atom stereocenters. The van der Waals surface area contributed by atoms with Crippen molar-refractivity contribution in [2.24, 2.45) is 0 Å². The highest BCUT2D eigenvalue weighted by molar-refractivity contribution is 5.85. The summed E-state index contributed by atoms with van der Waals surface area (Å²) in [5, 5.41) is 7.38. The van der Waals surface area contributed by atoms with Crippen LogP contribution >= 0.6 is 12.4 Å². The zero-order valence-corrected chi connectivity index (χ0v) is 10.1. The lowest BCUT2D eigenvalue weighted by Gasteiger charge is -2.08. The monoisotopic (exact) mass is 235 g/mol. The summed E-state index contributed by atoms with van der Waals surface area (Å²) in [4.78, 5) is 0. The van der Waals surface area contributed by atoms with Gasteiger partial charge in [-0.1, -0.05) is 13.3 Å². The second-order valence-electron chi connectivity index (χ2n) is 3.37. The number of hydrogen-bond acceptors (Lipinski definition) is 2. The van der Waals surface area contributed by atoms with Crippen molar-refractivity contribution < 1.29 is 4.39 Å². The molecule has 0 aliphatic rings. The maximum absolute atomic E-state index is 12.2. The van der Waals surface area contributed by atoms with Gasteiger partial charge in [0.25, 0.3) is 0 Å². The Hall–Kier alpha value is -0.770. The second kappa shape index (κ2) is 7.51. The SMILES string of the molecule is CCCCNc1c(C)cnn1CCF.Cl. The van der Waals surface area contributed by atoms with Crippen molar-refractivity contribution in [1.82, 2.24) is 9.78 Å². The van der Waals surface area contributed by atoms with Gasteiger partial charge in [0.1, 0.15) is 12.5 Å². The molecule has 0 radical (unpaired) electrons. The van der Waals surface area contributed by atoms with Crippen molar-refractivity contribution in [3.8, 4) is 0 Å². The van der Waals surface area contributed by atoms with Gasteiger partial charge in [-0.15, -0.1) is 12.4 Å². The standard InChI is InChI=1S/C10H18FN3.ClH/c1-3-4-6-12-10-9(2)8-13-14(10)7-5-11;/h8,12H,3-7H2,1-2H3;1H. The molecule has 15 heavy (non-hydrogen) atoms. The molecule has 1 N–H and O–H groups in total. The van der Waals surface area contributed by atoms with Crippen LogP contribution in [0.15, 0.2) is 6.20 Å². The van der Waals surface area contributed by atoms with Gasteiger partial charge in [0, 0.05) is 12.1 Å². The number of aromatic nitrogens is 2. The van der Waals surface area contributed by atoms with Gasteiger partial charge in [0.15, 0.2) is 0 Å². The van der Waals surface area contributed by atoms with Gasteiger partial charge in [0.05, 0.1) is 12.7 Å². The molecule has 1 rings (SSSR count). The van der Waals surface area contributed by atoms with Gasteiger partial charge in [0.2, 0.25) is 0 Å². The van der Waals surface area contributed by atoms with E-state index in [2.05, 4.69) is 17.3 Å². The molecule has 0 atom stereocenters. The fraction of sp³-hybridized carbons (Fsp3) is 0.700. The van der Waals surface area contributed by atoms with E-state index in [4.69, 9.17) is 0 Å². The van der Waals surface area contributed by atoms with E-state index in [-0.39, 0.29) is 19.1 Å². The predicted molar refractivity (Wildman–Crippen MR) is 63.6 cm³/mol. The zero-order chi connectivity index (χ0) is 10.4. The van der Waals surface area contributed by atoms with E-state index in [9.17, 15) is 4.39 Å². The first-order valence-corrected chi connectivity index (χ1v) is 5.11. The van der Waals surface area contributed by atoms with Crippen LogP contribution < -0.4 is 5.32 Å². The Kier molecular flexibility index (Phi) is 7.13. The Labute approximate surface area is 96.5 Å². The molecule has 0 fully saturated rings. The molecule has 0 spiro atoms. The summed E-state index contributed by atoms with van der Waals surface area (Å²) in [6.07, 6.45) is 4.05. The lowest BCUT2D eigenvalue weighted by molar-refractivity contribution is 0.429. The molecule has 0 saturated carbocycles. The van der Waals surface area contributed by atoms with Crippen LogP contribution in [0.1, 0.15) is 25.3 Å². The number of aryl methyl sites for hydroxylation is 2. The molecular weight excluding hydrogens is 217 g/mol. The molecule has 0 amide bonds. The third-order valence-corrected chi connectivity index (χ3v) is 2.14.